The van der Waals surface area contributed by atoms with E-state index in [1.807, 2.05) is 6.07 Å². The highest BCUT2D eigenvalue weighted by molar-refractivity contribution is 7.90. The number of ether oxygens (including phenoxy) is 1. The monoisotopic (exact) mass is 298 g/mol. The van der Waals surface area contributed by atoms with Crippen molar-refractivity contribution >= 4 is 10.0 Å². The summed E-state index contributed by atoms with van der Waals surface area (Å²) in [5.41, 5.74) is 0.429. The van der Waals surface area contributed by atoms with Gasteiger partial charge in [-0.2, -0.15) is 5.26 Å². The van der Waals surface area contributed by atoms with Gasteiger partial charge < -0.3 is 4.74 Å². The minimum absolute atomic E-state index is 0.114. The van der Waals surface area contributed by atoms with Gasteiger partial charge in [-0.25, -0.2) is 17.5 Å². The van der Waals surface area contributed by atoms with Gasteiger partial charge in [0.25, 0.3) is 0 Å². The first-order chi connectivity index (χ1) is 9.53. The van der Waals surface area contributed by atoms with Crippen LogP contribution < -0.4 is 4.72 Å². The van der Waals surface area contributed by atoms with Gasteiger partial charge in [-0.3, -0.25) is 0 Å². The van der Waals surface area contributed by atoms with E-state index in [1.165, 1.54) is 12.1 Å². The van der Waals surface area contributed by atoms with Crippen molar-refractivity contribution in [2.45, 2.75) is 24.6 Å². The van der Waals surface area contributed by atoms with Crippen LogP contribution in [0.5, 0.6) is 0 Å². The van der Waals surface area contributed by atoms with Crippen molar-refractivity contribution in [3.05, 3.63) is 35.1 Å². The van der Waals surface area contributed by atoms with Crippen LogP contribution >= 0.6 is 0 Å². The molecule has 1 aromatic carbocycles. The maximum atomic E-state index is 13.6. The second-order valence-corrected chi connectivity index (χ2v) is 6.64. The normalized spacial score (nSPS) is 16.8. The fourth-order valence-corrected chi connectivity index (χ4v) is 3.45. The molecule has 0 saturated carbocycles. The Hall–Kier alpha value is -1.49. The van der Waals surface area contributed by atoms with Crippen LogP contribution in [0.2, 0.25) is 0 Å². The number of benzene rings is 1. The number of rotatable bonds is 4. The van der Waals surface area contributed by atoms with Gasteiger partial charge in [0.05, 0.1) is 16.9 Å². The minimum Gasteiger partial charge on any atom is -0.381 e. The van der Waals surface area contributed by atoms with Crippen LogP contribution in [0.1, 0.15) is 24.0 Å². The first kappa shape index (κ1) is 14.9. The van der Waals surface area contributed by atoms with Crippen LogP contribution in [-0.4, -0.2) is 26.9 Å². The molecule has 20 heavy (non-hydrogen) atoms. The molecule has 5 nitrogen and oxygen atoms in total. The maximum Gasteiger partial charge on any atom is 0.214 e. The van der Waals surface area contributed by atoms with E-state index >= 15 is 0 Å². The van der Waals surface area contributed by atoms with Crippen LogP contribution in [0.3, 0.4) is 0 Å². The predicted octanol–water partition coefficient (Wildman–Crippen LogP) is 1.30. The van der Waals surface area contributed by atoms with E-state index in [4.69, 9.17) is 10.00 Å². The average Bonchev–Trinajstić information content (AvgIpc) is 2.47. The molecule has 1 aliphatic heterocycles. The summed E-state index contributed by atoms with van der Waals surface area (Å²) >= 11 is 0. The molecule has 1 aliphatic rings. The van der Waals surface area contributed by atoms with Gasteiger partial charge in [-0.1, -0.05) is 6.07 Å². The van der Waals surface area contributed by atoms with E-state index in [9.17, 15) is 12.8 Å². The van der Waals surface area contributed by atoms with Crippen molar-refractivity contribution in [3.63, 3.8) is 0 Å². The third-order valence-electron chi connectivity index (χ3n) is 3.25. The van der Waals surface area contributed by atoms with Crippen LogP contribution in [0.4, 0.5) is 4.39 Å². The van der Waals surface area contributed by atoms with E-state index in [0.29, 0.717) is 26.1 Å². The fourth-order valence-electron chi connectivity index (χ4n) is 2.04. The van der Waals surface area contributed by atoms with Crippen LogP contribution in [-0.2, 0) is 21.3 Å². The highest BCUT2D eigenvalue weighted by atomic mass is 32.2. The Morgan fingerprint density at radius 3 is 2.70 bits per heavy atom. The molecule has 7 heteroatoms. The Balaban J connectivity index is 2.02. The van der Waals surface area contributed by atoms with Gasteiger partial charge >= 0.3 is 0 Å². The molecule has 0 aliphatic carbocycles. The summed E-state index contributed by atoms with van der Waals surface area (Å²) in [5, 5.41) is 8.15. The summed E-state index contributed by atoms with van der Waals surface area (Å²) in [6.45, 7) is 0.741. The molecule has 0 unspecified atom stereocenters. The molecule has 1 saturated heterocycles. The molecule has 0 spiro atoms. The van der Waals surface area contributed by atoms with E-state index in [0.717, 1.165) is 6.07 Å². The van der Waals surface area contributed by atoms with Crippen molar-refractivity contribution in [3.8, 4) is 6.07 Å². The summed E-state index contributed by atoms with van der Waals surface area (Å²) in [6, 6.07) is 5.80. The Kier molecular flexibility index (Phi) is 4.70. The minimum atomic E-state index is -3.48. The smallest absolute Gasteiger partial charge is 0.214 e. The lowest BCUT2D eigenvalue weighted by atomic mass is 10.1. The standard InChI is InChI=1S/C13H15FN2O3S/c14-13-7-10(8-15)1-2-11(13)9-16-20(17,18)12-3-5-19-6-4-12/h1-2,7,12,16H,3-6,9H2. The third-order valence-corrected chi connectivity index (χ3v) is 5.15. The molecule has 0 radical (unpaired) electrons. The van der Waals surface area contributed by atoms with Gasteiger partial charge in [-0.05, 0) is 25.0 Å². The lowest BCUT2D eigenvalue weighted by Crippen LogP contribution is -2.37. The first-order valence-electron chi connectivity index (χ1n) is 6.27. The van der Waals surface area contributed by atoms with Crippen molar-refractivity contribution in [2.24, 2.45) is 0 Å². The zero-order valence-corrected chi connectivity index (χ0v) is 11.6. The highest BCUT2D eigenvalue weighted by Gasteiger charge is 2.27. The number of hydrogen-bond donors (Lipinski definition) is 1. The molecule has 2 rings (SSSR count). The largest absolute Gasteiger partial charge is 0.381 e. The Morgan fingerprint density at radius 2 is 2.10 bits per heavy atom. The fraction of sp³-hybridized carbons (Fsp3) is 0.462. The first-order valence-corrected chi connectivity index (χ1v) is 7.82. The number of nitriles is 1. The Bertz CT molecular complexity index is 619. The van der Waals surface area contributed by atoms with Crippen LogP contribution in [0.15, 0.2) is 18.2 Å². The zero-order valence-electron chi connectivity index (χ0n) is 10.8. The lowest BCUT2D eigenvalue weighted by Gasteiger charge is -2.22. The SMILES string of the molecule is N#Cc1ccc(CNS(=O)(=O)C2CCOCC2)c(F)c1. The van der Waals surface area contributed by atoms with E-state index < -0.39 is 21.1 Å². The van der Waals surface area contributed by atoms with E-state index in [1.54, 1.807) is 0 Å². The summed E-state index contributed by atoms with van der Waals surface area (Å²) in [7, 11) is -3.48. The van der Waals surface area contributed by atoms with Crippen molar-refractivity contribution in [2.75, 3.05) is 13.2 Å². The molecule has 0 atom stereocenters. The Labute approximate surface area is 117 Å². The number of nitrogens with zero attached hydrogens (tertiary/aromatic N) is 1. The molecule has 0 bridgehead atoms. The molecule has 1 N–H and O–H groups in total. The van der Waals surface area contributed by atoms with Crippen LogP contribution in [0, 0.1) is 17.1 Å². The van der Waals surface area contributed by atoms with Crippen molar-refractivity contribution in [1.29, 1.82) is 5.26 Å². The Morgan fingerprint density at radius 1 is 1.40 bits per heavy atom. The third kappa shape index (κ3) is 3.54. The van der Waals surface area contributed by atoms with Gasteiger partial charge in [-0.15, -0.1) is 0 Å². The number of hydrogen-bond acceptors (Lipinski definition) is 4. The molecule has 0 aromatic heterocycles. The summed E-state index contributed by atoms with van der Waals surface area (Å²) < 4.78 is 45.3. The lowest BCUT2D eigenvalue weighted by molar-refractivity contribution is 0.0981. The quantitative estimate of drug-likeness (QED) is 0.908. The van der Waals surface area contributed by atoms with Crippen LogP contribution in [0.25, 0.3) is 0 Å². The highest BCUT2D eigenvalue weighted by Crippen LogP contribution is 2.16. The summed E-state index contributed by atoms with van der Waals surface area (Å²) in [5.74, 6) is -0.585. The molecule has 1 aromatic rings. The van der Waals surface area contributed by atoms with Crippen molar-refractivity contribution in [1.82, 2.24) is 4.72 Å². The molecule has 108 valence electrons. The second-order valence-electron chi connectivity index (χ2n) is 4.60. The van der Waals surface area contributed by atoms with Crippen molar-refractivity contribution < 1.29 is 17.5 Å². The molecular formula is C13H15FN2O3S. The van der Waals surface area contributed by atoms with Gasteiger partial charge in [0.2, 0.25) is 10.0 Å². The van der Waals surface area contributed by atoms with Gasteiger partial charge in [0.1, 0.15) is 5.82 Å². The predicted molar refractivity (Wildman–Crippen MR) is 70.7 cm³/mol. The molecule has 1 fully saturated rings. The molecule has 1 heterocycles. The topological polar surface area (TPSA) is 79.2 Å². The van der Waals surface area contributed by atoms with Gasteiger partial charge in [0.15, 0.2) is 0 Å². The van der Waals surface area contributed by atoms with E-state index in [2.05, 4.69) is 4.72 Å². The number of halogens is 1. The van der Waals surface area contributed by atoms with Gasteiger partial charge in [0, 0.05) is 25.3 Å². The summed E-state index contributed by atoms with van der Waals surface area (Å²) in [4.78, 5) is 0. The number of sulfonamides is 1. The second kappa shape index (κ2) is 6.31. The number of nitrogens with one attached hydrogen (secondary N) is 1. The zero-order chi connectivity index (χ0) is 14.6. The summed E-state index contributed by atoms with van der Waals surface area (Å²) in [6.07, 6.45) is 0.899. The maximum absolute atomic E-state index is 13.6. The van der Waals surface area contributed by atoms with E-state index in [-0.39, 0.29) is 17.7 Å². The molecule has 0 amide bonds. The average molecular weight is 298 g/mol. The molecular weight excluding hydrogens is 283 g/mol.